The van der Waals surface area contributed by atoms with Crippen LogP contribution in [0.1, 0.15) is 0 Å². The molecule has 0 N–H and O–H groups in total. The predicted octanol–water partition coefficient (Wildman–Crippen LogP) is 16.1. The molecular weight excluding hydrogens is 725 g/mol. The Bertz CT molecular complexity index is 3190. The van der Waals surface area contributed by atoms with E-state index in [1.54, 1.807) is 0 Å². The summed E-state index contributed by atoms with van der Waals surface area (Å²) in [7, 11) is 0. The summed E-state index contributed by atoms with van der Waals surface area (Å²) in [6.45, 7) is 0. The molecule has 0 radical (unpaired) electrons. The monoisotopic (exact) mass is 764 g/mol. The third-order valence-electron chi connectivity index (χ3n) is 11.8. The maximum Gasteiger partial charge on any atom is 0.0547 e. The van der Waals surface area contributed by atoms with Crippen LogP contribution >= 0.6 is 0 Å². The van der Waals surface area contributed by atoms with Crippen LogP contribution in [0.3, 0.4) is 0 Å². The topological polar surface area (TPSA) is 8.17 Å². The van der Waals surface area contributed by atoms with Crippen LogP contribution in [-0.4, -0.2) is 4.57 Å². The summed E-state index contributed by atoms with van der Waals surface area (Å²) in [4.78, 5) is 2.35. The van der Waals surface area contributed by atoms with Gasteiger partial charge in [-0.2, -0.15) is 0 Å². The second-order valence-corrected chi connectivity index (χ2v) is 15.4. The number of anilines is 3. The molecule has 2 heteroatoms. The molecule has 0 saturated heterocycles. The highest BCUT2D eigenvalue weighted by Gasteiger charge is 2.17. The van der Waals surface area contributed by atoms with Crippen molar-refractivity contribution in [2.24, 2.45) is 0 Å². The van der Waals surface area contributed by atoms with Crippen molar-refractivity contribution in [2.45, 2.75) is 0 Å². The van der Waals surface area contributed by atoms with Gasteiger partial charge in [0.2, 0.25) is 0 Å². The fourth-order valence-electron chi connectivity index (χ4n) is 8.82. The average Bonchev–Trinajstić information content (AvgIpc) is 3.66. The molecule has 282 valence electrons. The van der Waals surface area contributed by atoms with Crippen LogP contribution in [0.25, 0.3) is 82.8 Å². The van der Waals surface area contributed by atoms with Crippen LogP contribution < -0.4 is 4.90 Å². The molecule has 1 heterocycles. The minimum absolute atomic E-state index is 1.09. The van der Waals surface area contributed by atoms with Crippen molar-refractivity contribution in [1.82, 2.24) is 4.57 Å². The number of rotatable bonds is 8. The van der Waals surface area contributed by atoms with E-state index < -0.39 is 0 Å². The number of fused-ring (bicyclic) bond motifs is 4. The van der Waals surface area contributed by atoms with Crippen LogP contribution in [0.5, 0.6) is 0 Å². The van der Waals surface area contributed by atoms with E-state index in [4.69, 9.17) is 0 Å². The van der Waals surface area contributed by atoms with Gasteiger partial charge >= 0.3 is 0 Å². The van der Waals surface area contributed by atoms with Crippen molar-refractivity contribution in [3.05, 3.63) is 243 Å². The van der Waals surface area contributed by atoms with Crippen molar-refractivity contribution < 1.29 is 0 Å². The van der Waals surface area contributed by atoms with Crippen LogP contribution in [0.4, 0.5) is 17.1 Å². The first-order valence-corrected chi connectivity index (χ1v) is 20.6. The van der Waals surface area contributed by atoms with E-state index in [0.29, 0.717) is 0 Å². The Labute approximate surface area is 350 Å². The van der Waals surface area contributed by atoms with Crippen molar-refractivity contribution >= 4 is 49.6 Å². The smallest absolute Gasteiger partial charge is 0.0547 e. The number of para-hydroxylation sites is 1. The van der Waals surface area contributed by atoms with Gasteiger partial charge in [0.25, 0.3) is 0 Å². The zero-order chi connectivity index (χ0) is 39.8. The molecule has 11 aromatic rings. The molecule has 11 rings (SSSR count). The number of hydrogen-bond acceptors (Lipinski definition) is 1. The lowest BCUT2D eigenvalue weighted by atomic mass is 9.93. The maximum absolute atomic E-state index is 2.42. The summed E-state index contributed by atoms with van der Waals surface area (Å²) in [5.41, 5.74) is 16.4. The SMILES string of the molecule is c1ccc(-c2ccc(N(c3ccc(-c4ccccc4)cc3)c3ccc(-c4ccccc4-c4ccc5c6ccccc6n(-c6ccc7ccccc7c6)c5c4)cc3)cc2)cc1. The first-order chi connectivity index (χ1) is 29.7. The van der Waals surface area contributed by atoms with E-state index in [1.807, 2.05) is 0 Å². The molecule has 1 aromatic heterocycles. The van der Waals surface area contributed by atoms with E-state index in [1.165, 1.54) is 77.1 Å². The maximum atomic E-state index is 2.42. The van der Waals surface area contributed by atoms with Gasteiger partial charge in [0.05, 0.1) is 11.0 Å². The molecule has 60 heavy (non-hydrogen) atoms. The van der Waals surface area contributed by atoms with Crippen molar-refractivity contribution in [3.63, 3.8) is 0 Å². The summed E-state index contributed by atoms with van der Waals surface area (Å²) in [5.74, 6) is 0. The number of nitrogens with zero attached hydrogens (tertiary/aromatic N) is 2. The standard InChI is InChI=1S/C58H40N2/c1-3-13-41(14-4-1)44-23-31-49(32-24-44)59(50-33-25-45(26-34-50)42-15-5-2-6-16-42)51-35-28-46(29-36-51)53-19-9-10-20-54(53)48-30-38-56-55-21-11-12-22-57(55)60(58(56)40-48)52-37-27-43-17-7-8-18-47(43)39-52/h1-40H. The van der Waals surface area contributed by atoms with Gasteiger partial charge in [-0.05, 0) is 116 Å². The largest absolute Gasteiger partial charge is 0.311 e. The quantitative estimate of drug-likeness (QED) is 0.150. The van der Waals surface area contributed by atoms with Crippen molar-refractivity contribution in [2.75, 3.05) is 4.90 Å². The lowest BCUT2D eigenvalue weighted by Crippen LogP contribution is -2.09. The van der Waals surface area contributed by atoms with E-state index >= 15 is 0 Å². The normalized spacial score (nSPS) is 11.3. The summed E-state index contributed by atoms with van der Waals surface area (Å²) in [6.07, 6.45) is 0. The Hall–Kier alpha value is -7.94. The molecule has 0 amide bonds. The Morgan fingerprint density at radius 1 is 0.267 bits per heavy atom. The van der Waals surface area contributed by atoms with Gasteiger partial charge in [0, 0.05) is 33.5 Å². The molecule has 0 atom stereocenters. The Morgan fingerprint density at radius 2 is 0.717 bits per heavy atom. The Kier molecular flexibility index (Phi) is 8.87. The van der Waals surface area contributed by atoms with E-state index in [0.717, 1.165) is 22.7 Å². The lowest BCUT2D eigenvalue weighted by Gasteiger charge is -2.26. The molecule has 0 bridgehead atoms. The minimum Gasteiger partial charge on any atom is -0.311 e. The second-order valence-electron chi connectivity index (χ2n) is 15.4. The average molecular weight is 765 g/mol. The number of benzene rings is 10. The highest BCUT2D eigenvalue weighted by Crippen LogP contribution is 2.41. The fraction of sp³-hybridized carbons (Fsp3) is 0. The molecule has 0 unspecified atom stereocenters. The van der Waals surface area contributed by atoms with Gasteiger partial charge in [-0.3, -0.25) is 0 Å². The molecule has 2 nitrogen and oxygen atoms in total. The lowest BCUT2D eigenvalue weighted by molar-refractivity contribution is 1.19. The molecule has 0 saturated carbocycles. The number of hydrogen-bond donors (Lipinski definition) is 0. The van der Waals surface area contributed by atoms with Crippen molar-refractivity contribution in [1.29, 1.82) is 0 Å². The van der Waals surface area contributed by atoms with Crippen LogP contribution in [0.15, 0.2) is 243 Å². The fourth-order valence-corrected chi connectivity index (χ4v) is 8.82. The zero-order valence-corrected chi connectivity index (χ0v) is 33.0. The highest BCUT2D eigenvalue weighted by atomic mass is 15.1. The third kappa shape index (κ3) is 6.41. The van der Waals surface area contributed by atoms with Crippen LogP contribution in [0, 0.1) is 0 Å². The molecular formula is C58H40N2. The second kappa shape index (κ2) is 15.1. The molecule has 0 fully saturated rings. The van der Waals surface area contributed by atoms with Gasteiger partial charge < -0.3 is 9.47 Å². The van der Waals surface area contributed by atoms with E-state index in [2.05, 4.69) is 252 Å². The number of aromatic nitrogens is 1. The first kappa shape index (κ1) is 35.2. The van der Waals surface area contributed by atoms with Gasteiger partial charge in [-0.1, -0.05) is 182 Å². The van der Waals surface area contributed by atoms with Crippen LogP contribution in [0.2, 0.25) is 0 Å². The Morgan fingerprint density at radius 3 is 1.33 bits per heavy atom. The summed E-state index contributed by atoms with van der Waals surface area (Å²) < 4.78 is 2.42. The van der Waals surface area contributed by atoms with Crippen LogP contribution in [-0.2, 0) is 0 Å². The molecule has 0 aliphatic carbocycles. The van der Waals surface area contributed by atoms with Crippen molar-refractivity contribution in [3.8, 4) is 50.2 Å². The highest BCUT2D eigenvalue weighted by molar-refractivity contribution is 6.10. The molecule has 0 spiro atoms. The molecule has 10 aromatic carbocycles. The summed E-state index contributed by atoms with van der Waals surface area (Å²) in [6, 6.07) is 87.8. The van der Waals surface area contributed by atoms with E-state index in [-0.39, 0.29) is 0 Å². The van der Waals surface area contributed by atoms with E-state index in [9.17, 15) is 0 Å². The predicted molar refractivity (Wildman–Crippen MR) is 255 cm³/mol. The first-order valence-electron chi connectivity index (χ1n) is 20.6. The third-order valence-corrected chi connectivity index (χ3v) is 11.8. The van der Waals surface area contributed by atoms with Gasteiger partial charge in [0.15, 0.2) is 0 Å². The Balaban J connectivity index is 0.985. The summed E-state index contributed by atoms with van der Waals surface area (Å²) in [5, 5.41) is 4.98. The minimum atomic E-state index is 1.09. The van der Waals surface area contributed by atoms with Gasteiger partial charge in [-0.15, -0.1) is 0 Å². The summed E-state index contributed by atoms with van der Waals surface area (Å²) >= 11 is 0. The van der Waals surface area contributed by atoms with Gasteiger partial charge in [0.1, 0.15) is 0 Å². The molecule has 0 aliphatic heterocycles. The van der Waals surface area contributed by atoms with Gasteiger partial charge in [-0.25, -0.2) is 0 Å². The molecule has 0 aliphatic rings. The zero-order valence-electron chi connectivity index (χ0n) is 33.0.